The average Bonchev–Trinajstić information content (AvgIpc) is 2.76. The van der Waals surface area contributed by atoms with Gasteiger partial charge in [-0.2, -0.15) is 5.26 Å². The summed E-state index contributed by atoms with van der Waals surface area (Å²) in [4.78, 5) is 13.1. The lowest BCUT2D eigenvalue weighted by Gasteiger charge is -2.01. The number of fused-ring (bicyclic) bond motifs is 1. The third-order valence-corrected chi connectivity index (χ3v) is 3.02. The normalized spacial score (nSPS) is 10.6. The molecule has 1 aromatic carbocycles. The van der Waals surface area contributed by atoms with E-state index in [1.54, 1.807) is 24.5 Å². The van der Waals surface area contributed by atoms with Crippen molar-refractivity contribution < 1.29 is 0 Å². The van der Waals surface area contributed by atoms with Crippen LogP contribution in [0.4, 0.5) is 0 Å². The molecular formula is C14H11N5. The Labute approximate surface area is 110 Å². The van der Waals surface area contributed by atoms with Crippen molar-refractivity contribution in [3.63, 3.8) is 0 Å². The van der Waals surface area contributed by atoms with Gasteiger partial charge in [-0.25, -0.2) is 9.97 Å². The predicted octanol–water partition coefficient (Wildman–Crippen LogP) is 2.21. The molecule has 5 nitrogen and oxygen atoms in total. The highest BCUT2D eigenvalue weighted by Crippen LogP contribution is 2.22. The number of benzene rings is 1. The Morgan fingerprint density at radius 2 is 2.05 bits per heavy atom. The van der Waals surface area contributed by atoms with Crippen LogP contribution >= 0.6 is 0 Å². The topological polar surface area (TPSA) is 67.4 Å². The van der Waals surface area contributed by atoms with E-state index in [9.17, 15) is 0 Å². The van der Waals surface area contributed by atoms with Crippen LogP contribution in [0.5, 0.6) is 0 Å². The van der Waals surface area contributed by atoms with E-state index in [2.05, 4.69) is 21.0 Å². The van der Waals surface area contributed by atoms with Crippen molar-refractivity contribution in [1.82, 2.24) is 19.5 Å². The fourth-order valence-electron chi connectivity index (χ4n) is 2.01. The van der Waals surface area contributed by atoms with Crippen LogP contribution in [0.25, 0.3) is 22.6 Å². The summed E-state index contributed by atoms with van der Waals surface area (Å²) < 4.78 is 1.95. The van der Waals surface area contributed by atoms with Gasteiger partial charge in [0.1, 0.15) is 5.69 Å². The summed E-state index contributed by atoms with van der Waals surface area (Å²) in [5, 5.41) is 8.91. The van der Waals surface area contributed by atoms with Gasteiger partial charge in [0.25, 0.3) is 0 Å². The van der Waals surface area contributed by atoms with Gasteiger partial charge in [-0.1, -0.05) is 0 Å². The zero-order chi connectivity index (χ0) is 13.4. The van der Waals surface area contributed by atoms with Crippen molar-refractivity contribution in [2.45, 2.75) is 6.92 Å². The van der Waals surface area contributed by atoms with Gasteiger partial charge in [-0.05, 0) is 25.1 Å². The molecule has 0 spiro atoms. The molecule has 0 amide bonds. The molecule has 0 unspecified atom stereocenters. The summed E-state index contributed by atoms with van der Waals surface area (Å²) in [6.45, 7) is 1.89. The van der Waals surface area contributed by atoms with Crippen LogP contribution in [0, 0.1) is 18.3 Å². The minimum Gasteiger partial charge on any atom is -0.326 e. The van der Waals surface area contributed by atoms with Gasteiger partial charge >= 0.3 is 0 Å². The van der Waals surface area contributed by atoms with Crippen molar-refractivity contribution >= 4 is 11.0 Å². The lowest BCUT2D eigenvalue weighted by Crippen LogP contribution is -1.96. The van der Waals surface area contributed by atoms with Gasteiger partial charge in [0.15, 0.2) is 5.82 Å². The minimum absolute atomic E-state index is 0.604. The fraction of sp³-hybridized carbons (Fsp3) is 0.143. The highest BCUT2D eigenvalue weighted by Gasteiger charge is 2.11. The number of aryl methyl sites for hydroxylation is 2. The third-order valence-electron chi connectivity index (χ3n) is 3.02. The molecule has 0 aliphatic carbocycles. The fourth-order valence-corrected chi connectivity index (χ4v) is 2.01. The molecule has 0 aliphatic rings. The van der Waals surface area contributed by atoms with E-state index in [1.165, 1.54) is 0 Å². The highest BCUT2D eigenvalue weighted by atomic mass is 15.1. The molecule has 92 valence electrons. The van der Waals surface area contributed by atoms with Gasteiger partial charge in [0, 0.05) is 13.2 Å². The molecule has 3 rings (SSSR count). The number of hydrogen-bond acceptors (Lipinski definition) is 4. The molecule has 2 aromatic heterocycles. The second kappa shape index (κ2) is 4.18. The maximum atomic E-state index is 8.91. The Morgan fingerprint density at radius 1 is 1.21 bits per heavy atom. The summed E-state index contributed by atoms with van der Waals surface area (Å²) in [6, 6.07) is 7.58. The molecule has 2 heterocycles. The molecule has 0 fully saturated rings. The van der Waals surface area contributed by atoms with Crippen LogP contribution in [0.2, 0.25) is 0 Å². The number of imidazole rings is 1. The molecule has 0 saturated heterocycles. The van der Waals surface area contributed by atoms with E-state index in [4.69, 9.17) is 5.26 Å². The van der Waals surface area contributed by atoms with E-state index in [0.29, 0.717) is 5.56 Å². The molecule has 0 atom stereocenters. The quantitative estimate of drug-likeness (QED) is 0.663. The Bertz CT molecular complexity index is 793. The van der Waals surface area contributed by atoms with Crippen molar-refractivity contribution in [2.75, 3.05) is 0 Å². The molecule has 0 saturated carbocycles. The molecule has 0 bridgehead atoms. The highest BCUT2D eigenvalue weighted by molar-refractivity contribution is 5.81. The van der Waals surface area contributed by atoms with Gasteiger partial charge in [-0.15, -0.1) is 0 Å². The number of hydrogen-bond donors (Lipinski definition) is 0. The summed E-state index contributed by atoms with van der Waals surface area (Å²) in [5.41, 5.74) is 3.96. The molecule has 0 radical (unpaired) electrons. The first-order valence-corrected chi connectivity index (χ1v) is 5.84. The first kappa shape index (κ1) is 11.4. The van der Waals surface area contributed by atoms with Crippen LogP contribution in [0.3, 0.4) is 0 Å². The second-order valence-electron chi connectivity index (χ2n) is 4.35. The summed E-state index contributed by atoms with van der Waals surface area (Å²) in [7, 11) is 1.93. The number of nitriles is 1. The van der Waals surface area contributed by atoms with Crippen molar-refractivity contribution in [3.8, 4) is 17.6 Å². The van der Waals surface area contributed by atoms with E-state index in [0.717, 1.165) is 28.2 Å². The lowest BCUT2D eigenvalue weighted by atomic mass is 10.2. The van der Waals surface area contributed by atoms with Gasteiger partial charge in [0.2, 0.25) is 0 Å². The number of aromatic nitrogens is 4. The van der Waals surface area contributed by atoms with Gasteiger partial charge < -0.3 is 4.57 Å². The maximum absolute atomic E-state index is 8.91. The van der Waals surface area contributed by atoms with E-state index >= 15 is 0 Å². The largest absolute Gasteiger partial charge is 0.326 e. The van der Waals surface area contributed by atoms with Crippen molar-refractivity contribution in [1.29, 1.82) is 5.26 Å². The number of rotatable bonds is 1. The third kappa shape index (κ3) is 1.83. The minimum atomic E-state index is 0.604. The molecular weight excluding hydrogens is 238 g/mol. The van der Waals surface area contributed by atoms with Crippen molar-refractivity contribution in [2.24, 2.45) is 7.05 Å². The summed E-state index contributed by atoms with van der Waals surface area (Å²) >= 11 is 0. The first-order chi connectivity index (χ1) is 9.19. The lowest BCUT2D eigenvalue weighted by molar-refractivity contribution is 0.943. The van der Waals surface area contributed by atoms with Crippen LogP contribution in [-0.2, 0) is 7.05 Å². The molecule has 0 aliphatic heterocycles. The Balaban J connectivity index is 2.22. The van der Waals surface area contributed by atoms with E-state index in [-0.39, 0.29) is 0 Å². The maximum Gasteiger partial charge on any atom is 0.161 e. The van der Waals surface area contributed by atoms with Crippen molar-refractivity contribution in [3.05, 3.63) is 41.9 Å². The monoisotopic (exact) mass is 249 g/mol. The molecule has 5 heteroatoms. The zero-order valence-electron chi connectivity index (χ0n) is 10.6. The van der Waals surface area contributed by atoms with E-state index in [1.807, 2.05) is 24.6 Å². The second-order valence-corrected chi connectivity index (χ2v) is 4.35. The molecule has 19 heavy (non-hydrogen) atoms. The number of nitrogens with zero attached hydrogens (tertiary/aromatic N) is 5. The molecule has 0 N–H and O–H groups in total. The summed E-state index contributed by atoms with van der Waals surface area (Å²) in [5.74, 6) is 0.748. The first-order valence-electron chi connectivity index (χ1n) is 5.84. The SMILES string of the molecule is Cc1cnc(-c2nc3cc(C#N)ccc3n2C)cn1. The smallest absolute Gasteiger partial charge is 0.161 e. The van der Waals surface area contributed by atoms with Gasteiger partial charge in [-0.3, -0.25) is 4.98 Å². The van der Waals surface area contributed by atoms with Crippen LogP contribution in [0.15, 0.2) is 30.6 Å². The zero-order valence-corrected chi connectivity index (χ0v) is 10.6. The predicted molar refractivity (Wildman–Crippen MR) is 71.2 cm³/mol. The standard InChI is InChI=1S/C14H11N5/c1-9-7-17-12(8-16-9)14-18-11-5-10(6-15)3-4-13(11)19(14)2/h3-5,7-8H,1-2H3. The van der Waals surface area contributed by atoms with E-state index < -0.39 is 0 Å². The molecule has 3 aromatic rings. The Morgan fingerprint density at radius 3 is 2.74 bits per heavy atom. The van der Waals surface area contributed by atoms with Crippen LogP contribution in [-0.4, -0.2) is 19.5 Å². The summed E-state index contributed by atoms with van der Waals surface area (Å²) in [6.07, 6.45) is 3.43. The Kier molecular flexibility index (Phi) is 2.50. The average molecular weight is 249 g/mol. The van der Waals surface area contributed by atoms with Gasteiger partial charge in [0.05, 0.1) is 34.6 Å². The van der Waals surface area contributed by atoms with Crippen LogP contribution < -0.4 is 0 Å². The van der Waals surface area contributed by atoms with Crippen LogP contribution in [0.1, 0.15) is 11.3 Å². The Hall–Kier alpha value is -2.74.